The van der Waals surface area contributed by atoms with Gasteiger partial charge in [0.25, 0.3) is 5.91 Å². The molecule has 0 aromatic carbocycles. The summed E-state index contributed by atoms with van der Waals surface area (Å²) in [5.41, 5.74) is -1.36. The fraction of sp³-hybridized carbons (Fsp3) is 0.667. The van der Waals surface area contributed by atoms with Crippen LogP contribution in [0.5, 0.6) is 11.5 Å². The number of pyridine rings is 1. The van der Waals surface area contributed by atoms with E-state index in [0.29, 0.717) is 12.8 Å². The topological polar surface area (TPSA) is 138 Å². The van der Waals surface area contributed by atoms with Gasteiger partial charge in [-0.15, -0.1) is 0 Å². The molecule has 0 bridgehead atoms. The van der Waals surface area contributed by atoms with E-state index in [9.17, 15) is 24.6 Å². The molecule has 0 radical (unpaired) electrons. The number of carboxylic acid groups (broad SMARTS) is 1. The number of carbonyl (C=O) groups is 3. The van der Waals surface area contributed by atoms with Crippen LogP contribution < -0.4 is 15.2 Å². The predicted octanol–water partition coefficient (Wildman–Crippen LogP) is 2.21. The third kappa shape index (κ3) is 6.15. The number of carbonyl (C=O) groups excluding carboxylic acids is 3. The second-order valence-corrected chi connectivity index (χ2v) is 9.23. The number of unbranched alkanes of at least 4 members (excludes halogenated alkanes) is 1. The first-order valence-electron chi connectivity index (χ1n) is 11.5. The summed E-state index contributed by atoms with van der Waals surface area (Å²) in [5.74, 6) is -3.18. The monoisotopic (exact) mass is 463 g/mol. The standard InChI is InChI=1S/C24H36N2O7/c1-6-7-9-15-14(2)33-22(29)17(11-8-10-16(15)24(3,4)23(30)31)26-21(28)19-20(27)18(32-5)12-13-25-19/h12-17,27H,6-11H2,1-5H3,(H,26,28)(H,30,31)/p-1/t14-,15+,16-,17-/m0/s1. The smallest absolute Gasteiger partial charge is 0.328 e. The third-order valence-corrected chi connectivity index (χ3v) is 6.69. The van der Waals surface area contributed by atoms with E-state index in [-0.39, 0.29) is 29.7 Å². The second-order valence-electron chi connectivity index (χ2n) is 9.23. The van der Waals surface area contributed by atoms with Gasteiger partial charge in [-0.2, -0.15) is 0 Å². The molecule has 0 unspecified atom stereocenters. The average Bonchev–Trinajstić information content (AvgIpc) is 2.81. The van der Waals surface area contributed by atoms with Crippen molar-refractivity contribution in [3.63, 3.8) is 0 Å². The number of hydrogen-bond acceptors (Lipinski definition) is 8. The highest BCUT2D eigenvalue weighted by molar-refractivity contribution is 5.97. The number of carboxylic acids is 1. The van der Waals surface area contributed by atoms with Crippen LogP contribution in [-0.2, 0) is 14.3 Å². The van der Waals surface area contributed by atoms with Crippen LogP contribution in [0.25, 0.3) is 0 Å². The van der Waals surface area contributed by atoms with E-state index in [1.807, 2.05) is 0 Å². The number of aromatic hydroxyl groups is 1. The highest BCUT2D eigenvalue weighted by atomic mass is 16.5. The minimum absolute atomic E-state index is 0.0898. The first-order chi connectivity index (χ1) is 15.5. The molecule has 184 valence electrons. The van der Waals surface area contributed by atoms with Gasteiger partial charge in [0, 0.05) is 23.6 Å². The van der Waals surface area contributed by atoms with Crippen molar-refractivity contribution in [2.45, 2.75) is 78.4 Å². The highest BCUT2D eigenvalue weighted by Gasteiger charge is 2.41. The molecule has 1 aromatic rings. The predicted molar refractivity (Wildman–Crippen MR) is 118 cm³/mol. The Labute approximate surface area is 194 Å². The lowest BCUT2D eigenvalue weighted by atomic mass is 9.66. The van der Waals surface area contributed by atoms with Crippen molar-refractivity contribution in [3.8, 4) is 11.5 Å². The van der Waals surface area contributed by atoms with Crippen LogP contribution in [0.15, 0.2) is 12.3 Å². The van der Waals surface area contributed by atoms with Crippen molar-refractivity contribution in [2.75, 3.05) is 7.11 Å². The van der Waals surface area contributed by atoms with Crippen LogP contribution in [0.4, 0.5) is 0 Å². The average molecular weight is 464 g/mol. The van der Waals surface area contributed by atoms with E-state index < -0.39 is 41.2 Å². The molecule has 1 saturated heterocycles. The number of amides is 1. The maximum absolute atomic E-state index is 12.9. The lowest BCUT2D eigenvalue weighted by molar-refractivity contribution is -0.321. The number of rotatable bonds is 8. The van der Waals surface area contributed by atoms with Crippen LogP contribution in [0, 0.1) is 17.3 Å². The Bertz CT molecular complexity index is 855. The fourth-order valence-corrected chi connectivity index (χ4v) is 4.60. The summed E-state index contributed by atoms with van der Waals surface area (Å²) < 4.78 is 10.7. The van der Waals surface area contributed by atoms with Crippen molar-refractivity contribution >= 4 is 17.8 Å². The van der Waals surface area contributed by atoms with Gasteiger partial charge in [-0.1, -0.05) is 40.0 Å². The Kier molecular flexibility index (Phi) is 9.07. The second kappa shape index (κ2) is 11.3. The zero-order chi connectivity index (χ0) is 24.8. The summed E-state index contributed by atoms with van der Waals surface area (Å²) in [5, 5.41) is 24.7. The lowest BCUT2D eigenvalue weighted by Gasteiger charge is -2.42. The largest absolute Gasteiger partial charge is 0.550 e. The van der Waals surface area contributed by atoms with E-state index in [1.54, 1.807) is 20.8 Å². The van der Waals surface area contributed by atoms with Crippen molar-refractivity contribution in [3.05, 3.63) is 18.0 Å². The van der Waals surface area contributed by atoms with Gasteiger partial charge in [0.15, 0.2) is 17.2 Å². The molecule has 0 aliphatic carbocycles. The zero-order valence-electron chi connectivity index (χ0n) is 20.1. The molecular weight excluding hydrogens is 428 g/mol. The molecule has 2 N–H and O–H groups in total. The van der Waals surface area contributed by atoms with E-state index in [1.165, 1.54) is 19.4 Å². The molecule has 1 fully saturated rings. The number of aliphatic carboxylic acids is 1. The number of ether oxygens (including phenoxy) is 2. The van der Waals surface area contributed by atoms with Gasteiger partial charge in [-0.05, 0) is 38.0 Å². The number of methoxy groups -OCH3 is 1. The molecule has 4 atom stereocenters. The summed E-state index contributed by atoms with van der Waals surface area (Å²) in [4.78, 5) is 41.5. The number of nitrogens with zero attached hydrogens (tertiary/aromatic N) is 1. The molecule has 33 heavy (non-hydrogen) atoms. The Morgan fingerprint density at radius 2 is 2.06 bits per heavy atom. The molecule has 9 heteroatoms. The number of cyclic esters (lactones) is 1. The molecule has 2 rings (SSSR count). The summed E-state index contributed by atoms with van der Waals surface area (Å²) in [6.07, 6.45) is 4.65. The van der Waals surface area contributed by atoms with Crippen molar-refractivity contribution in [2.24, 2.45) is 17.3 Å². The van der Waals surface area contributed by atoms with Gasteiger partial charge in [-0.3, -0.25) is 4.79 Å². The van der Waals surface area contributed by atoms with Gasteiger partial charge in [0.05, 0.1) is 7.11 Å². The molecule has 1 aromatic heterocycles. The molecule has 0 spiro atoms. The lowest BCUT2D eigenvalue weighted by Crippen LogP contribution is -2.48. The summed E-state index contributed by atoms with van der Waals surface area (Å²) in [6.45, 7) is 7.15. The van der Waals surface area contributed by atoms with Crippen molar-refractivity contribution in [1.82, 2.24) is 10.3 Å². The van der Waals surface area contributed by atoms with Gasteiger partial charge >= 0.3 is 5.97 Å². The maximum atomic E-state index is 12.9. The van der Waals surface area contributed by atoms with Gasteiger partial charge in [-0.25, -0.2) is 9.78 Å². The fourth-order valence-electron chi connectivity index (χ4n) is 4.60. The minimum atomic E-state index is -1.13. The maximum Gasteiger partial charge on any atom is 0.328 e. The number of hydrogen-bond donors (Lipinski definition) is 2. The normalized spacial score (nSPS) is 24.1. The van der Waals surface area contributed by atoms with Gasteiger partial charge < -0.3 is 29.8 Å². The first kappa shape index (κ1) is 26.4. The number of esters is 1. The Morgan fingerprint density at radius 3 is 2.67 bits per heavy atom. The van der Waals surface area contributed by atoms with Gasteiger partial charge in [0.1, 0.15) is 12.1 Å². The SMILES string of the molecule is CCCC[C@@H]1[C@H](C)OC(=O)[C@@H](NC(=O)c2nccc(OC)c2O)CCC[C@@H]1C(C)(C)C(=O)[O-]. The molecule has 1 amide bonds. The Hall–Kier alpha value is -2.84. The molecular formula is C24H35N2O7-. The number of aromatic nitrogens is 1. The highest BCUT2D eigenvalue weighted by Crippen LogP contribution is 2.42. The summed E-state index contributed by atoms with van der Waals surface area (Å²) >= 11 is 0. The van der Waals surface area contributed by atoms with Crippen molar-refractivity contribution in [1.29, 1.82) is 0 Å². The quantitative estimate of drug-likeness (QED) is 0.560. The van der Waals surface area contributed by atoms with E-state index in [4.69, 9.17) is 9.47 Å². The van der Waals surface area contributed by atoms with E-state index in [0.717, 1.165) is 19.3 Å². The van der Waals surface area contributed by atoms with Crippen LogP contribution in [-0.4, -0.2) is 47.2 Å². The van der Waals surface area contributed by atoms with Crippen molar-refractivity contribution < 1.29 is 34.1 Å². The first-order valence-corrected chi connectivity index (χ1v) is 11.5. The Balaban J connectivity index is 2.27. The molecule has 0 saturated carbocycles. The molecule has 2 heterocycles. The third-order valence-electron chi connectivity index (χ3n) is 6.69. The van der Waals surface area contributed by atoms with E-state index >= 15 is 0 Å². The summed E-state index contributed by atoms with van der Waals surface area (Å²) in [6, 6.07) is 0.460. The minimum Gasteiger partial charge on any atom is -0.550 e. The Morgan fingerprint density at radius 1 is 1.36 bits per heavy atom. The van der Waals surface area contributed by atoms with E-state index in [2.05, 4.69) is 17.2 Å². The molecule has 1 aliphatic rings. The van der Waals surface area contributed by atoms with Crippen LogP contribution in [0.1, 0.15) is 76.7 Å². The zero-order valence-corrected chi connectivity index (χ0v) is 20.1. The number of nitrogens with one attached hydrogen (secondary N) is 1. The summed E-state index contributed by atoms with van der Waals surface area (Å²) in [7, 11) is 1.35. The molecule has 1 aliphatic heterocycles. The molecule has 9 nitrogen and oxygen atoms in total. The van der Waals surface area contributed by atoms with Crippen LogP contribution in [0.3, 0.4) is 0 Å². The van der Waals surface area contributed by atoms with Crippen LogP contribution >= 0.6 is 0 Å². The van der Waals surface area contributed by atoms with Gasteiger partial charge in [0.2, 0.25) is 0 Å². The van der Waals surface area contributed by atoms with Crippen LogP contribution in [0.2, 0.25) is 0 Å².